The summed E-state index contributed by atoms with van der Waals surface area (Å²) in [7, 11) is 2.12. The third-order valence-corrected chi connectivity index (χ3v) is 2.65. The summed E-state index contributed by atoms with van der Waals surface area (Å²) >= 11 is 0. The molecule has 2 nitrogen and oxygen atoms in total. The van der Waals surface area contributed by atoms with Crippen LogP contribution in [0.4, 0.5) is 11.4 Å². The monoisotopic (exact) mass is 192 g/mol. The van der Waals surface area contributed by atoms with Crippen LogP contribution in [0.25, 0.3) is 0 Å². The van der Waals surface area contributed by atoms with Crippen LogP contribution in [-0.4, -0.2) is 13.1 Å². The van der Waals surface area contributed by atoms with Gasteiger partial charge in [-0.2, -0.15) is 0 Å². The summed E-state index contributed by atoms with van der Waals surface area (Å²) in [5, 5.41) is 0. The number of nitrogen functional groups attached to an aromatic ring is 1. The van der Waals surface area contributed by atoms with E-state index in [1.165, 1.54) is 18.5 Å². The van der Waals surface area contributed by atoms with Crippen molar-refractivity contribution in [2.45, 2.75) is 32.7 Å². The molecule has 2 N–H and O–H groups in total. The van der Waals surface area contributed by atoms with Crippen LogP contribution >= 0.6 is 0 Å². The Labute approximate surface area is 86.7 Å². The maximum absolute atomic E-state index is 5.74. The van der Waals surface area contributed by atoms with Crippen molar-refractivity contribution in [3.8, 4) is 0 Å². The zero-order chi connectivity index (χ0) is 10.6. The highest BCUT2D eigenvalue weighted by Crippen LogP contribution is 2.19. The molecule has 1 aromatic carbocycles. The topological polar surface area (TPSA) is 29.3 Å². The van der Waals surface area contributed by atoms with Crippen molar-refractivity contribution in [1.29, 1.82) is 0 Å². The lowest BCUT2D eigenvalue weighted by atomic mass is 10.1. The van der Waals surface area contributed by atoms with Crippen LogP contribution in [0.5, 0.6) is 0 Å². The van der Waals surface area contributed by atoms with Crippen molar-refractivity contribution in [2.24, 2.45) is 0 Å². The number of rotatable bonds is 4. The molecule has 1 atom stereocenters. The van der Waals surface area contributed by atoms with Crippen molar-refractivity contribution in [1.82, 2.24) is 0 Å². The number of nitrogens with two attached hydrogens (primary N) is 1. The fraction of sp³-hybridized carbons (Fsp3) is 0.500. The highest BCUT2D eigenvalue weighted by Gasteiger charge is 2.08. The third kappa shape index (κ3) is 2.66. The third-order valence-electron chi connectivity index (χ3n) is 2.65. The zero-order valence-electron chi connectivity index (χ0n) is 9.33. The van der Waals surface area contributed by atoms with E-state index in [4.69, 9.17) is 5.73 Å². The maximum Gasteiger partial charge on any atom is 0.0386 e. The summed E-state index contributed by atoms with van der Waals surface area (Å²) in [5.41, 5.74) is 7.78. The largest absolute Gasteiger partial charge is 0.399 e. The molecule has 2 heteroatoms. The van der Waals surface area contributed by atoms with Crippen LogP contribution in [-0.2, 0) is 0 Å². The first-order valence-corrected chi connectivity index (χ1v) is 5.23. The summed E-state index contributed by atoms with van der Waals surface area (Å²) in [6.07, 6.45) is 2.43. The highest BCUT2D eigenvalue weighted by molar-refractivity contribution is 5.55. The number of benzene rings is 1. The van der Waals surface area contributed by atoms with Crippen LogP contribution in [0.1, 0.15) is 26.7 Å². The molecule has 0 aromatic heterocycles. The molecule has 0 aliphatic heterocycles. The standard InChI is InChI=1S/C12H20N2/c1-4-6-10(2)14(3)12-8-5-7-11(13)9-12/h5,7-10H,4,6,13H2,1-3H3. The second-order valence-corrected chi connectivity index (χ2v) is 3.84. The van der Waals surface area contributed by atoms with Gasteiger partial charge in [0.1, 0.15) is 0 Å². The van der Waals surface area contributed by atoms with Crippen molar-refractivity contribution in [3.63, 3.8) is 0 Å². The van der Waals surface area contributed by atoms with Gasteiger partial charge < -0.3 is 10.6 Å². The lowest BCUT2D eigenvalue weighted by Crippen LogP contribution is -2.28. The normalized spacial score (nSPS) is 12.5. The first-order valence-electron chi connectivity index (χ1n) is 5.23. The van der Waals surface area contributed by atoms with E-state index in [0.29, 0.717) is 6.04 Å². The smallest absolute Gasteiger partial charge is 0.0386 e. The Balaban J connectivity index is 2.73. The average Bonchev–Trinajstić information content (AvgIpc) is 2.17. The molecule has 0 bridgehead atoms. The van der Waals surface area contributed by atoms with Gasteiger partial charge in [0, 0.05) is 24.5 Å². The Morgan fingerprint density at radius 1 is 1.43 bits per heavy atom. The van der Waals surface area contributed by atoms with Crippen LogP contribution < -0.4 is 10.6 Å². The fourth-order valence-corrected chi connectivity index (χ4v) is 1.61. The molecule has 14 heavy (non-hydrogen) atoms. The van der Waals surface area contributed by atoms with Crippen LogP contribution in [0.3, 0.4) is 0 Å². The van der Waals surface area contributed by atoms with Crippen molar-refractivity contribution < 1.29 is 0 Å². The molecular formula is C12H20N2. The van der Waals surface area contributed by atoms with Gasteiger partial charge in [0.05, 0.1) is 0 Å². The molecule has 0 amide bonds. The molecule has 0 saturated heterocycles. The van der Waals surface area contributed by atoms with E-state index in [1.54, 1.807) is 0 Å². The quantitative estimate of drug-likeness (QED) is 0.743. The van der Waals surface area contributed by atoms with E-state index in [1.807, 2.05) is 18.2 Å². The Hall–Kier alpha value is -1.18. The number of hydrogen-bond acceptors (Lipinski definition) is 2. The molecule has 0 saturated carbocycles. The van der Waals surface area contributed by atoms with Gasteiger partial charge in [0.25, 0.3) is 0 Å². The second-order valence-electron chi connectivity index (χ2n) is 3.84. The molecule has 0 aliphatic carbocycles. The average molecular weight is 192 g/mol. The molecule has 0 radical (unpaired) electrons. The molecule has 1 unspecified atom stereocenters. The van der Waals surface area contributed by atoms with Crippen LogP contribution in [0, 0.1) is 0 Å². The molecule has 0 fully saturated rings. The van der Waals surface area contributed by atoms with E-state index in [9.17, 15) is 0 Å². The van der Waals surface area contributed by atoms with Crippen LogP contribution in [0.15, 0.2) is 24.3 Å². The number of anilines is 2. The molecule has 0 heterocycles. The first kappa shape index (κ1) is 10.9. The maximum atomic E-state index is 5.74. The van der Waals surface area contributed by atoms with Crippen LogP contribution in [0.2, 0.25) is 0 Å². The van der Waals surface area contributed by atoms with Gasteiger partial charge in [-0.1, -0.05) is 19.4 Å². The van der Waals surface area contributed by atoms with E-state index >= 15 is 0 Å². The van der Waals surface area contributed by atoms with E-state index < -0.39 is 0 Å². The van der Waals surface area contributed by atoms with E-state index in [2.05, 4.69) is 31.9 Å². The highest BCUT2D eigenvalue weighted by atomic mass is 15.1. The van der Waals surface area contributed by atoms with Gasteiger partial charge in [-0.15, -0.1) is 0 Å². The Kier molecular flexibility index (Phi) is 3.81. The van der Waals surface area contributed by atoms with Crippen molar-refractivity contribution >= 4 is 11.4 Å². The summed E-state index contributed by atoms with van der Waals surface area (Å²) in [4.78, 5) is 2.28. The van der Waals surface area contributed by atoms with Gasteiger partial charge in [-0.3, -0.25) is 0 Å². The molecule has 0 aliphatic rings. The minimum atomic E-state index is 0.571. The molecule has 1 aromatic rings. The van der Waals surface area contributed by atoms with E-state index in [0.717, 1.165) is 5.69 Å². The zero-order valence-corrected chi connectivity index (χ0v) is 9.33. The summed E-state index contributed by atoms with van der Waals surface area (Å²) in [6.45, 7) is 4.45. The minimum absolute atomic E-state index is 0.571. The van der Waals surface area contributed by atoms with E-state index in [-0.39, 0.29) is 0 Å². The molecular weight excluding hydrogens is 172 g/mol. The molecule has 78 valence electrons. The predicted octanol–water partition coefficient (Wildman–Crippen LogP) is 2.89. The van der Waals surface area contributed by atoms with Crippen molar-refractivity contribution in [3.05, 3.63) is 24.3 Å². The summed E-state index contributed by atoms with van der Waals surface area (Å²) in [5.74, 6) is 0. The lowest BCUT2D eigenvalue weighted by molar-refractivity contribution is 0.616. The molecule has 0 spiro atoms. The van der Waals surface area contributed by atoms with Gasteiger partial charge in [-0.05, 0) is 31.5 Å². The minimum Gasteiger partial charge on any atom is -0.399 e. The molecule has 1 rings (SSSR count). The second kappa shape index (κ2) is 4.89. The van der Waals surface area contributed by atoms with Crippen molar-refractivity contribution in [2.75, 3.05) is 17.7 Å². The Morgan fingerprint density at radius 3 is 2.71 bits per heavy atom. The van der Waals surface area contributed by atoms with Gasteiger partial charge in [-0.25, -0.2) is 0 Å². The van der Waals surface area contributed by atoms with Gasteiger partial charge in [0.2, 0.25) is 0 Å². The van der Waals surface area contributed by atoms with Gasteiger partial charge in [0.15, 0.2) is 0 Å². The van der Waals surface area contributed by atoms with Gasteiger partial charge >= 0.3 is 0 Å². The first-order chi connectivity index (χ1) is 6.65. The number of hydrogen-bond donors (Lipinski definition) is 1. The lowest BCUT2D eigenvalue weighted by Gasteiger charge is -2.26. The predicted molar refractivity (Wildman–Crippen MR) is 63.6 cm³/mol. The summed E-state index contributed by atoms with van der Waals surface area (Å²) < 4.78 is 0. The summed E-state index contributed by atoms with van der Waals surface area (Å²) in [6, 6.07) is 8.61. The SMILES string of the molecule is CCCC(C)N(C)c1cccc(N)c1. The number of nitrogens with zero attached hydrogens (tertiary/aromatic N) is 1. The Morgan fingerprint density at radius 2 is 2.14 bits per heavy atom. The Bertz CT molecular complexity index is 283. The fourth-order valence-electron chi connectivity index (χ4n) is 1.61.